The summed E-state index contributed by atoms with van der Waals surface area (Å²) in [7, 11) is 4.01. The first kappa shape index (κ1) is 18.2. The summed E-state index contributed by atoms with van der Waals surface area (Å²) in [5.74, 6) is 0.704. The second-order valence-electron chi connectivity index (χ2n) is 6.63. The van der Waals surface area contributed by atoms with Gasteiger partial charge in [0.25, 0.3) is 5.91 Å². The molecule has 26 heavy (non-hydrogen) atoms. The summed E-state index contributed by atoms with van der Waals surface area (Å²) in [5, 5.41) is 0. The monoisotopic (exact) mass is 354 g/mol. The van der Waals surface area contributed by atoms with Crippen molar-refractivity contribution in [2.45, 2.75) is 0 Å². The number of hydrogen-bond donors (Lipinski definition) is 0. The molecule has 138 valence electrons. The van der Waals surface area contributed by atoms with E-state index in [2.05, 4.69) is 14.8 Å². The Bertz CT molecular complexity index is 713. The molecule has 2 heterocycles. The van der Waals surface area contributed by atoms with Crippen molar-refractivity contribution in [3.8, 4) is 5.75 Å². The Hall–Kier alpha value is -2.60. The van der Waals surface area contributed by atoms with Gasteiger partial charge < -0.3 is 19.4 Å². The standard InChI is InChI=1S/C20H26N4O2/c1-22(2)15-16-26-19-6-4-3-5-18(19)20(25)24-13-11-23(12-14-24)17-7-9-21-10-8-17/h3-10H,11-16H2,1-2H3. The number of rotatable bonds is 6. The molecule has 0 spiro atoms. The topological polar surface area (TPSA) is 48.9 Å². The molecule has 1 aliphatic heterocycles. The lowest BCUT2D eigenvalue weighted by Crippen LogP contribution is -2.48. The van der Waals surface area contributed by atoms with E-state index >= 15 is 0 Å². The Labute approximate surface area is 155 Å². The van der Waals surface area contributed by atoms with Crippen molar-refractivity contribution >= 4 is 11.6 Å². The van der Waals surface area contributed by atoms with Gasteiger partial charge in [-0.05, 0) is 38.4 Å². The van der Waals surface area contributed by atoms with Crippen LogP contribution in [0.2, 0.25) is 0 Å². The summed E-state index contributed by atoms with van der Waals surface area (Å²) < 4.78 is 5.84. The molecule has 1 amide bonds. The van der Waals surface area contributed by atoms with Crippen molar-refractivity contribution < 1.29 is 9.53 Å². The largest absolute Gasteiger partial charge is 0.491 e. The molecule has 0 atom stereocenters. The van der Waals surface area contributed by atoms with Crippen LogP contribution in [-0.4, -0.2) is 74.1 Å². The van der Waals surface area contributed by atoms with Crippen LogP contribution in [0.25, 0.3) is 0 Å². The lowest BCUT2D eigenvalue weighted by Gasteiger charge is -2.36. The molecule has 6 heteroatoms. The lowest BCUT2D eigenvalue weighted by atomic mass is 10.1. The Morgan fingerprint density at radius 1 is 1.08 bits per heavy atom. The average molecular weight is 354 g/mol. The first-order valence-corrected chi connectivity index (χ1v) is 8.96. The van der Waals surface area contributed by atoms with E-state index in [0.717, 1.165) is 25.3 Å². The van der Waals surface area contributed by atoms with E-state index in [1.54, 1.807) is 12.4 Å². The molecule has 3 rings (SSSR count). The number of benzene rings is 1. The Balaban J connectivity index is 1.62. The van der Waals surface area contributed by atoms with Gasteiger partial charge in [0.1, 0.15) is 12.4 Å². The fourth-order valence-corrected chi connectivity index (χ4v) is 3.00. The molecule has 0 radical (unpaired) electrons. The number of para-hydroxylation sites is 1. The van der Waals surface area contributed by atoms with Gasteiger partial charge in [-0.25, -0.2) is 0 Å². The normalized spacial score (nSPS) is 14.6. The van der Waals surface area contributed by atoms with Crippen LogP contribution in [0.3, 0.4) is 0 Å². The van der Waals surface area contributed by atoms with Crippen LogP contribution in [0.4, 0.5) is 5.69 Å². The molecule has 0 unspecified atom stereocenters. The number of pyridine rings is 1. The zero-order chi connectivity index (χ0) is 18.4. The van der Waals surface area contributed by atoms with Crippen molar-refractivity contribution in [2.75, 3.05) is 58.3 Å². The Morgan fingerprint density at radius 3 is 2.46 bits per heavy atom. The van der Waals surface area contributed by atoms with Crippen molar-refractivity contribution in [3.63, 3.8) is 0 Å². The third-order valence-electron chi connectivity index (χ3n) is 4.51. The molecular weight excluding hydrogens is 328 g/mol. The maximum Gasteiger partial charge on any atom is 0.257 e. The number of nitrogens with zero attached hydrogens (tertiary/aromatic N) is 4. The number of carbonyl (C=O) groups is 1. The SMILES string of the molecule is CN(C)CCOc1ccccc1C(=O)N1CCN(c2ccncc2)CC1. The minimum atomic E-state index is 0.0415. The molecule has 6 nitrogen and oxygen atoms in total. The molecule has 0 aliphatic carbocycles. The first-order chi connectivity index (χ1) is 12.6. The Morgan fingerprint density at radius 2 is 1.77 bits per heavy atom. The second-order valence-corrected chi connectivity index (χ2v) is 6.63. The van der Waals surface area contributed by atoms with Gasteiger partial charge in [0.2, 0.25) is 0 Å². The summed E-state index contributed by atoms with van der Waals surface area (Å²) in [5.41, 5.74) is 1.79. The van der Waals surface area contributed by atoms with Crippen molar-refractivity contribution in [2.24, 2.45) is 0 Å². The molecule has 1 aromatic carbocycles. The number of hydrogen-bond acceptors (Lipinski definition) is 5. The fourth-order valence-electron chi connectivity index (χ4n) is 3.00. The molecular formula is C20H26N4O2. The van der Waals surface area contributed by atoms with E-state index in [0.29, 0.717) is 31.0 Å². The van der Waals surface area contributed by atoms with Crippen LogP contribution in [0.15, 0.2) is 48.8 Å². The average Bonchev–Trinajstić information content (AvgIpc) is 2.68. The van der Waals surface area contributed by atoms with Crippen molar-refractivity contribution in [3.05, 3.63) is 54.4 Å². The molecule has 1 aliphatic rings. The first-order valence-electron chi connectivity index (χ1n) is 8.96. The van der Waals surface area contributed by atoms with Gasteiger partial charge in [0.05, 0.1) is 5.56 Å². The fraction of sp³-hybridized carbons (Fsp3) is 0.400. The highest BCUT2D eigenvalue weighted by molar-refractivity contribution is 5.97. The van der Waals surface area contributed by atoms with Gasteiger partial charge in [-0.3, -0.25) is 9.78 Å². The van der Waals surface area contributed by atoms with Crippen LogP contribution < -0.4 is 9.64 Å². The smallest absolute Gasteiger partial charge is 0.257 e. The predicted octanol–water partition coefficient (Wildman–Crippen LogP) is 1.98. The number of likely N-dealkylation sites (N-methyl/N-ethyl adjacent to an activating group) is 1. The van der Waals surface area contributed by atoms with Gasteiger partial charge in [-0.15, -0.1) is 0 Å². The number of ether oxygens (including phenoxy) is 1. The number of aromatic nitrogens is 1. The maximum absolute atomic E-state index is 13.0. The van der Waals surface area contributed by atoms with Gasteiger partial charge in [-0.2, -0.15) is 0 Å². The molecule has 0 saturated carbocycles. The summed E-state index contributed by atoms with van der Waals surface area (Å²) >= 11 is 0. The van der Waals surface area contributed by atoms with Crippen LogP contribution in [0.1, 0.15) is 10.4 Å². The molecule has 0 bridgehead atoms. The number of anilines is 1. The number of carbonyl (C=O) groups excluding carboxylic acids is 1. The van der Waals surface area contributed by atoms with Crippen LogP contribution in [0, 0.1) is 0 Å². The molecule has 0 N–H and O–H groups in total. The highest BCUT2D eigenvalue weighted by Gasteiger charge is 2.24. The molecule has 1 aromatic heterocycles. The van der Waals surface area contributed by atoms with E-state index in [-0.39, 0.29) is 5.91 Å². The van der Waals surface area contributed by atoms with E-state index < -0.39 is 0 Å². The van der Waals surface area contributed by atoms with Crippen LogP contribution in [0.5, 0.6) is 5.75 Å². The van der Waals surface area contributed by atoms with Crippen molar-refractivity contribution in [1.82, 2.24) is 14.8 Å². The third-order valence-corrected chi connectivity index (χ3v) is 4.51. The molecule has 2 aromatic rings. The summed E-state index contributed by atoms with van der Waals surface area (Å²) in [6.45, 7) is 4.42. The maximum atomic E-state index is 13.0. The lowest BCUT2D eigenvalue weighted by molar-refractivity contribution is 0.0742. The summed E-state index contributed by atoms with van der Waals surface area (Å²) in [6.07, 6.45) is 3.60. The van der Waals surface area contributed by atoms with E-state index in [1.807, 2.05) is 55.4 Å². The zero-order valence-corrected chi connectivity index (χ0v) is 15.5. The minimum Gasteiger partial charge on any atom is -0.491 e. The van der Waals surface area contributed by atoms with Gasteiger partial charge in [-0.1, -0.05) is 12.1 Å². The highest BCUT2D eigenvalue weighted by atomic mass is 16.5. The van der Waals surface area contributed by atoms with Crippen LogP contribution in [-0.2, 0) is 0 Å². The number of piperazine rings is 1. The van der Waals surface area contributed by atoms with Gasteiger partial charge in [0.15, 0.2) is 0 Å². The number of amides is 1. The quantitative estimate of drug-likeness (QED) is 0.794. The van der Waals surface area contributed by atoms with Crippen molar-refractivity contribution in [1.29, 1.82) is 0 Å². The molecule has 1 saturated heterocycles. The summed E-state index contributed by atoms with van der Waals surface area (Å²) in [6, 6.07) is 11.5. The van der Waals surface area contributed by atoms with E-state index in [4.69, 9.17) is 4.74 Å². The van der Waals surface area contributed by atoms with Gasteiger partial charge >= 0.3 is 0 Å². The minimum absolute atomic E-state index is 0.0415. The van der Waals surface area contributed by atoms with Crippen LogP contribution >= 0.6 is 0 Å². The second kappa shape index (κ2) is 8.67. The van der Waals surface area contributed by atoms with Gasteiger partial charge in [0, 0.05) is 50.8 Å². The summed E-state index contributed by atoms with van der Waals surface area (Å²) in [4.78, 5) is 23.3. The Kier molecular flexibility index (Phi) is 6.07. The van der Waals surface area contributed by atoms with E-state index in [9.17, 15) is 4.79 Å². The molecule has 1 fully saturated rings. The van der Waals surface area contributed by atoms with E-state index in [1.165, 1.54) is 0 Å². The third kappa shape index (κ3) is 4.52. The zero-order valence-electron chi connectivity index (χ0n) is 15.5. The highest BCUT2D eigenvalue weighted by Crippen LogP contribution is 2.22. The predicted molar refractivity (Wildman–Crippen MR) is 103 cm³/mol.